The number of rotatable bonds is 3. The lowest BCUT2D eigenvalue weighted by atomic mass is 10.1. The lowest BCUT2D eigenvalue weighted by molar-refractivity contribution is -0.121. The van der Waals surface area contributed by atoms with E-state index in [1.165, 1.54) is 4.90 Å². The van der Waals surface area contributed by atoms with Gasteiger partial charge in [0.2, 0.25) is 0 Å². The van der Waals surface area contributed by atoms with Crippen molar-refractivity contribution in [2.75, 3.05) is 14.2 Å². The molecule has 1 aromatic rings. The van der Waals surface area contributed by atoms with Crippen LogP contribution in [-0.2, 0) is 10.7 Å². The van der Waals surface area contributed by atoms with Crippen molar-refractivity contribution in [1.29, 1.82) is 0 Å². The first-order valence-electron chi connectivity index (χ1n) is 5.60. The van der Waals surface area contributed by atoms with Crippen LogP contribution in [0.25, 0.3) is 6.08 Å². The molecule has 0 atom stereocenters. The first-order valence-corrected chi connectivity index (χ1v) is 6.54. The number of carbonyl (C=O) groups excluding carboxylic acids is 1. The van der Waals surface area contributed by atoms with Crippen LogP contribution in [0.4, 0.5) is 0 Å². The fraction of sp³-hybridized carbons (Fsp3) is 0.231. The van der Waals surface area contributed by atoms with E-state index in [0.717, 1.165) is 16.9 Å². The van der Waals surface area contributed by atoms with Gasteiger partial charge in [-0.15, -0.1) is 11.6 Å². The minimum atomic E-state index is -0.145. The molecule has 4 nitrogen and oxygen atoms in total. The van der Waals surface area contributed by atoms with Gasteiger partial charge in [-0.05, 0) is 36.0 Å². The molecule has 0 saturated carbocycles. The SMILES string of the molecule is COc1ccc(/C=C2/NC(=S)N(C)C2=O)cc1CCl. The van der Waals surface area contributed by atoms with Crippen LogP contribution < -0.4 is 10.1 Å². The summed E-state index contributed by atoms with van der Waals surface area (Å²) in [6.07, 6.45) is 1.74. The van der Waals surface area contributed by atoms with Crippen LogP contribution in [0.3, 0.4) is 0 Å². The molecular weight excluding hydrogens is 284 g/mol. The van der Waals surface area contributed by atoms with Crippen LogP contribution >= 0.6 is 23.8 Å². The highest BCUT2D eigenvalue weighted by atomic mass is 35.5. The lowest BCUT2D eigenvalue weighted by Gasteiger charge is -2.07. The van der Waals surface area contributed by atoms with Crippen LogP contribution in [0.5, 0.6) is 5.75 Å². The number of carbonyl (C=O) groups is 1. The summed E-state index contributed by atoms with van der Waals surface area (Å²) in [6, 6.07) is 5.57. The van der Waals surface area contributed by atoms with Crippen LogP contribution in [-0.4, -0.2) is 30.1 Å². The van der Waals surface area contributed by atoms with Gasteiger partial charge in [-0.3, -0.25) is 9.69 Å². The highest BCUT2D eigenvalue weighted by molar-refractivity contribution is 7.80. The molecule has 1 N–H and O–H groups in total. The summed E-state index contributed by atoms with van der Waals surface area (Å²) in [5.41, 5.74) is 2.20. The zero-order valence-corrected chi connectivity index (χ0v) is 12.1. The lowest BCUT2D eigenvalue weighted by Crippen LogP contribution is -2.25. The molecule has 100 valence electrons. The summed E-state index contributed by atoms with van der Waals surface area (Å²) in [6.45, 7) is 0. The quantitative estimate of drug-likeness (QED) is 0.527. The molecule has 0 unspecified atom stereocenters. The second-order valence-electron chi connectivity index (χ2n) is 4.06. The topological polar surface area (TPSA) is 41.6 Å². The molecule has 1 aliphatic rings. The molecule has 1 fully saturated rings. The Labute approximate surface area is 122 Å². The number of methoxy groups -OCH3 is 1. The van der Waals surface area contributed by atoms with E-state index in [1.807, 2.05) is 18.2 Å². The van der Waals surface area contributed by atoms with Gasteiger partial charge < -0.3 is 10.1 Å². The average Bonchev–Trinajstić information content (AvgIpc) is 2.66. The van der Waals surface area contributed by atoms with Crippen molar-refractivity contribution in [3.63, 3.8) is 0 Å². The van der Waals surface area contributed by atoms with Gasteiger partial charge in [0.15, 0.2) is 5.11 Å². The van der Waals surface area contributed by atoms with E-state index in [1.54, 1.807) is 20.2 Å². The molecular formula is C13H13ClN2O2S. The first-order chi connectivity index (χ1) is 9.06. The standard InChI is InChI=1S/C13H13ClN2O2S/c1-16-12(17)10(15-13(16)19)6-8-3-4-11(18-2)9(5-8)7-14/h3-6H,7H2,1-2H3,(H,15,19)/b10-6+. The van der Waals surface area contributed by atoms with E-state index in [4.69, 9.17) is 28.6 Å². The summed E-state index contributed by atoms with van der Waals surface area (Å²) in [5.74, 6) is 0.934. The predicted octanol–water partition coefficient (Wildman–Crippen LogP) is 2.12. The second kappa shape index (κ2) is 5.59. The van der Waals surface area contributed by atoms with Crippen LogP contribution in [0.1, 0.15) is 11.1 Å². The fourth-order valence-corrected chi connectivity index (χ4v) is 2.18. The molecule has 0 radical (unpaired) electrons. The van der Waals surface area contributed by atoms with Crippen molar-refractivity contribution in [3.05, 3.63) is 35.0 Å². The highest BCUT2D eigenvalue weighted by Gasteiger charge is 2.26. The van der Waals surface area contributed by atoms with Crippen molar-refractivity contribution in [3.8, 4) is 5.75 Å². The Balaban J connectivity index is 2.34. The minimum Gasteiger partial charge on any atom is -0.496 e. The number of nitrogens with zero attached hydrogens (tertiary/aromatic N) is 1. The van der Waals surface area contributed by atoms with Crippen molar-refractivity contribution < 1.29 is 9.53 Å². The maximum atomic E-state index is 11.9. The van der Waals surface area contributed by atoms with Gasteiger partial charge in [-0.25, -0.2) is 0 Å². The highest BCUT2D eigenvalue weighted by Crippen LogP contribution is 2.23. The second-order valence-corrected chi connectivity index (χ2v) is 4.71. The smallest absolute Gasteiger partial charge is 0.276 e. The average molecular weight is 297 g/mol. The third-order valence-corrected chi connectivity index (χ3v) is 3.50. The van der Waals surface area contributed by atoms with Crippen LogP contribution in [0.15, 0.2) is 23.9 Å². The van der Waals surface area contributed by atoms with E-state index >= 15 is 0 Å². The van der Waals surface area contributed by atoms with Crippen molar-refractivity contribution in [2.45, 2.75) is 5.88 Å². The largest absolute Gasteiger partial charge is 0.496 e. The molecule has 1 heterocycles. The summed E-state index contributed by atoms with van der Waals surface area (Å²) >= 11 is 10.9. The Morgan fingerprint density at radius 3 is 2.79 bits per heavy atom. The van der Waals surface area contributed by atoms with Crippen molar-refractivity contribution in [2.24, 2.45) is 0 Å². The van der Waals surface area contributed by atoms with Crippen molar-refractivity contribution in [1.82, 2.24) is 10.2 Å². The summed E-state index contributed by atoms with van der Waals surface area (Å²) in [7, 11) is 3.23. The molecule has 0 bridgehead atoms. The molecule has 0 aromatic heterocycles. The molecule has 2 rings (SSSR count). The van der Waals surface area contributed by atoms with Gasteiger partial charge in [0, 0.05) is 12.6 Å². The van der Waals surface area contributed by atoms with E-state index in [9.17, 15) is 4.79 Å². The Bertz CT molecular complexity index is 572. The molecule has 1 saturated heterocycles. The normalized spacial score (nSPS) is 17.0. The van der Waals surface area contributed by atoms with Gasteiger partial charge >= 0.3 is 0 Å². The third-order valence-electron chi connectivity index (χ3n) is 2.84. The number of halogens is 1. The van der Waals surface area contributed by atoms with Crippen LogP contribution in [0.2, 0.25) is 0 Å². The number of hydrogen-bond acceptors (Lipinski definition) is 3. The third kappa shape index (κ3) is 2.72. The molecule has 1 aliphatic heterocycles. The van der Waals surface area contributed by atoms with E-state index in [-0.39, 0.29) is 5.91 Å². The van der Waals surface area contributed by atoms with E-state index in [2.05, 4.69) is 5.32 Å². The summed E-state index contributed by atoms with van der Waals surface area (Å²) < 4.78 is 5.20. The van der Waals surface area contributed by atoms with E-state index in [0.29, 0.717) is 16.7 Å². The molecule has 1 amide bonds. The van der Waals surface area contributed by atoms with Crippen molar-refractivity contribution >= 4 is 40.9 Å². The molecule has 19 heavy (non-hydrogen) atoms. The minimum absolute atomic E-state index is 0.145. The van der Waals surface area contributed by atoms with Crippen LogP contribution in [0, 0.1) is 0 Å². The zero-order valence-electron chi connectivity index (χ0n) is 10.6. The molecule has 0 spiro atoms. The Kier molecular flexibility index (Phi) is 4.07. The van der Waals surface area contributed by atoms with Gasteiger partial charge in [-0.1, -0.05) is 6.07 Å². The number of amides is 1. The number of alkyl halides is 1. The summed E-state index contributed by atoms with van der Waals surface area (Å²) in [4.78, 5) is 13.3. The Morgan fingerprint density at radius 1 is 1.53 bits per heavy atom. The van der Waals surface area contributed by atoms with Gasteiger partial charge in [-0.2, -0.15) is 0 Å². The number of benzene rings is 1. The predicted molar refractivity (Wildman–Crippen MR) is 79.0 cm³/mol. The molecule has 6 heteroatoms. The van der Waals surface area contributed by atoms with Gasteiger partial charge in [0.25, 0.3) is 5.91 Å². The molecule has 0 aliphatic carbocycles. The van der Waals surface area contributed by atoms with Gasteiger partial charge in [0.1, 0.15) is 11.4 Å². The molecule has 1 aromatic carbocycles. The van der Waals surface area contributed by atoms with Gasteiger partial charge in [0.05, 0.1) is 13.0 Å². The Morgan fingerprint density at radius 2 is 2.26 bits per heavy atom. The first kappa shape index (κ1) is 13.8. The number of hydrogen-bond donors (Lipinski definition) is 1. The maximum Gasteiger partial charge on any atom is 0.276 e. The zero-order chi connectivity index (χ0) is 14.0. The number of thiocarbonyl (C=S) groups is 1. The summed E-state index contributed by atoms with van der Waals surface area (Å²) in [5, 5.41) is 3.28. The number of ether oxygens (including phenoxy) is 1. The maximum absolute atomic E-state index is 11.9. The fourth-order valence-electron chi connectivity index (χ4n) is 1.78. The number of nitrogens with one attached hydrogen (secondary N) is 1. The Hall–Kier alpha value is -1.59. The number of likely N-dealkylation sites (N-methyl/N-ethyl adjacent to an activating group) is 1. The monoisotopic (exact) mass is 296 g/mol. The van der Waals surface area contributed by atoms with E-state index < -0.39 is 0 Å².